The summed E-state index contributed by atoms with van der Waals surface area (Å²) in [6.45, 7) is 1.45. The number of anilines is 2. The van der Waals surface area contributed by atoms with Crippen molar-refractivity contribution in [2.24, 2.45) is 10.7 Å². The van der Waals surface area contributed by atoms with Crippen molar-refractivity contribution >= 4 is 34.9 Å². The molecule has 1 amide bonds. The van der Waals surface area contributed by atoms with Gasteiger partial charge in [0.15, 0.2) is 0 Å². The number of aliphatic imine (C=N–C) groups is 1. The van der Waals surface area contributed by atoms with Crippen LogP contribution in [0.25, 0.3) is 11.3 Å². The van der Waals surface area contributed by atoms with Gasteiger partial charge in [-0.2, -0.15) is 0 Å². The summed E-state index contributed by atoms with van der Waals surface area (Å²) >= 11 is 6.34. The molecule has 37 heavy (non-hydrogen) atoms. The Balaban J connectivity index is 1.31. The lowest BCUT2D eigenvalue weighted by atomic mass is 9.95. The summed E-state index contributed by atoms with van der Waals surface area (Å²) < 4.78 is 14.7. The number of hydrogen-bond acceptors (Lipinski definition) is 6. The van der Waals surface area contributed by atoms with Crippen molar-refractivity contribution in [3.63, 3.8) is 0 Å². The zero-order chi connectivity index (χ0) is 25.5. The Labute approximate surface area is 217 Å². The molecule has 184 valence electrons. The third-order valence-corrected chi connectivity index (χ3v) is 6.71. The van der Waals surface area contributed by atoms with E-state index >= 15 is 0 Å². The zero-order valence-corrected chi connectivity index (χ0v) is 20.4. The highest BCUT2D eigenvalue weighted by molar-refractivity contribution is 6.31. The Morgan fingerprint density at radius 2 is 1.81 bits per heavy atom. The number of nitrogens with zero attached hydrogens (tertiary/aromatic N) is 4. The lowest BCUT2D eigenvalue weighted by molar-refractivity contribution is 0.0608. The van der Waals surface area contributed by atoms with E-state index in [1.807, 2.05) is 18.2 Å². The molecule has 0 spiro atoms. The fourth-order valence-corrected chi connectivity index (χ4v) is 4.73. The first kappa shape index (κ1) is 23.3. The van der Waals surface area contributed by atoms with E-state index in [2.05, 4.69) is 10.3 Å². The average Bonchev–Trinajstić information content (AvgIpc) is 3.03. The van der Waals surface area contributed by atoms with Crippen LogP contribution in [0.2, 0.25) is 5.02 Å². The molecule has 3 aromatic carbocycles. The first-order chi connectivity index (χ1) is 18.0. The Bertz CT molecular complexity index is 1550. The van der Waals surface area contributed by atoms with Crippen LogP contribution in [-0.2, 0) is 6.54 Å². The molecule has 9 heteroatoms. The van der Waals surface area contributed by atoms with Gasteiger partial charge in [-0.05, 0) is 48.5 Å². The predicted octanol–water partition coefficient (Wildman–Crippen LogP) is 4.81. The smallest absolute Gasteiger partial charge is 0.253 e. The van der Waals surface area contributed by atoms with Crippen LogP contribution in [0.5, 0.6) is 0 Å². The molecule has 7 nitrogen and oxygen atoms in total. The van der Waals surface area contributed by atoms with Crippen LogP contribution < -0.4 is 11.1 Å². The lowest BCUT2D eigenvalue weighted by Crippen LogP contribution is -2.57. The predicted molar refractivity (Wildman–Crippen MR) is 142 cm³/mol. The molecule has 6 rings (SSSR count). The summed E-state index contributed by atoms with van der Waals surface area (Å²) in [5.74, 6) is 0.00249. The molecule has 1 aromatic heterocycles. The summed E-state index contributed by atoms with van der Waals surface area (Å²) in [5, 5.41) is 3.73. The Kier molecular flexibility index (Phi) is 5.90. The van der Waals surface area contributed by atoms with Crippen LogP contribution in [-0.4, -0.2) is 45.6 Å². The highest BCUT2D eigenvalue weighted by atomic mass is 35.5. The molecule has 0 aliphatic carbocycles. The van der Waals surface area contributed by atoms with E-state index in [0.717, 1.165) is 16.8 Å². The van der Waals surface area contributed by atoms with Gasteiger partial charge in [0.25, 0.3) is 5.91 Å². The van der Waals surface area contributed by atoms with Gasteiger partial charge in [-0.15, -0.1) is 0 Å². The summed E-state index contributed by atoms with van der Waals surface area (Å²) in [6.07, 6.45) is 1.72. The van der Waals surface area contributed by atoms with E-state index in [1.165, 1.54) is 6.07 Å². The Morgan fingerprint density at radius 3 is 2.57 bits per heavy atom. The van der Waals surface area contributed by atoms with Crippen LogP contribution in [0.15, 0.2) is 77.9 Å². The molecule has 4 aromatic rings. The number of carbonyl (C=O) groups is 1. The summed E-state index contributed by atoms with van der Waals surface area (Å²) in [6, 6.07) is 19.2. The number of nitrogens with one attached hydrogen (secondary N) is 1. The number of halogens is 2. The standard InChI is InChI=1S/C28H22ClFN6O/c29-18-7-10-21-23(11-18)26(22-3-1-2-4-24(22)30)32-12-17-13-33-28(35-25(17)21)34-20-8-5-16(6-9-20)27(37)36-14-19(31)15-36/h1-11,13,19H,12,14-15,31H2,(H,33,34,35). The maximum Gasteiger partial charge on any atom is 0.253 e. The lowest BCUT2D eigenvalue weighted by Gasteiger charge is -2.36. The number of rotatable bonds is 4. The monoisotopic (exact) mass is 512 g/mol. The maximum atomic E-state index is 14.7. The Hall–Kier alpha value is -4.14. The van der Waals surface area contributed by atoms with Crippen molar-refractivity contribution in [1.82, 2.24) is 14.9 Å². The molecule has 1 saturated heterocycles. The minimum atomic E-state index is -0.356. The topological polar surface area (TPSA) is 96.5 Å². The summed E-state index contributed by atoms with van der Waals surface area (Å²) in [4.78, 5) is 28.2. The number of carbonyl (C=O) groups excluding carboxylic acids is 1. The molecule has 0 radical (unpaired) electrons. The van der Waals surface area contributed by atoms with Gasteiger partial charge in [-0.1, -0.05) is 29.8 Å². The number of hydrogen-bond donors (Lipinski definition) is 2. The second kappa shape index (κ2) is 9.38. The first-order valence-corrected chi connectivity index (χ1v) is 12.2. The second-order valence-electron chi connectivity index (χ2n) is 9.07. The Morgan fingerprint density at radius 1 is 1.03 bits per heavy atom. The summed E-state index contributed by atoms with van der Waals surface area (Å²) in [7, 11) is 0. The van der Waals surface area contributed by atoms with E-state index in [0.29, 0.717) is 58.7 Å². The molecule has 2 aliphatic heterocycles. The second-order valence-corrected chi connectivity index (χ2v) is 9.51. The molecule has 2 aliphatic rings. The molecular weight excluding hydrogens is 491 g/mol. The number of aromatic nitrogens is 2. The average molecular weight is 513 g/mol. The largest absolute Gasteiger partial charge is 0.335 e. The van der Waals surface area contributed by atoms with Gasteiger partial charge in [-0.3, -0.25) is 9.79 Å². The number of likely N-dealkylation sites (tertiary alicyclic amines) is 1. The van der Waals surface area contributed by atoms with Crippen molar-refractivity contribution in [3.8, 4) is 11.3 Å². The van der Waals surface area contributed by atoms with Crippen LogP contribution in [0.1, 0.15) is 27.0 Å². The van der Waals surface area contributed by atoms with Crippen LogP contribution in [0.4, 0.5) is 16.0 Å². The van der Waals surface area contributed by atoms with Crippen molar-refractivity contribution in [2.45, 2.75) is 12.6 Å². The van der Waals surface area contributed by atoms with E-state index in [9.17, 15) is 9.18 Å². The normalized spacial score (nSPS) is 14.7. The van der Waals surface area contributed by atoms with Gasteiger partial charge in [0.1, 0.15) is 5.82 Å². The van der Waals surface area contributed by atoms with Crippen molar-refractivity contribution in [2.75, 3.05) is 18.4 Å². The molecule has 1 fully saturated rings. The van der Waals surface area contributed by atoms with Gasteiger partial charge in [0.05, 0.1) is 18.0 Å². The molecular formula is C28H22ClFN6O. The quantitative estimate of drug-likeness (QED) is 0.409. The van der Waals surface area contributed by atoms with Crippen LogP contribution in [0, 0.1) is 5.82 Å². The van der Waals surface area contributed by atoms with E-state index in [1.54, 1.807) is 53.6 Å². The maximum absolute atomic E-state index is 14.7. The third-order valence-electron chi connectivity index (χ3n) is 6.48. The number of nitrogens with two attached hydrogens (primary N) is 1. The van der Waals surface area contributed by atoms with E-state index < -0.39 is 0 Å². The van der Waals surface area contributed by atoms with Crippen molar-refractivity contribution < 1.29 is 9.18 Å². The fraction of sp³-hybridized carbons (Fsp3) is 0.143. The van der Waals surface area contributed by atoms with Crippen LogP contribution in [0.3, 0.4) is 0 Å². The SMILES string of the molecule is NC1CN(C(=O)c2ccc(Nc3ncc4c(n3)-c3ccc(Cl)cc3C(c3ccccc3F)=NC4)cc2)C1. The van der Waals surface area contributed by atoms with Crippen molar-refractivity contribution in [3.05, 3.63) is 106 Å². The molecule has 0 bridgehead atoms. The fourth-order valence-electron chi connectivity index (χ4n) is 4.55. The van der Waals surface area contributed by atoms with Gasteiger partial charge < -0.3 is 16.0 Å². The minimum Gasteiger partial charge on any atom is -0.335 e. The van der Waals surface area contributed by atoms with E-state index in [-0.39, 0.29) is 17.8 Å². The molecule has 0 atom stereocenters. The summed E-state index contributed by atoms with van der Waals surface area (Å²) in [5.41, 5.74) is 11.1. The van der Waals surface area contributed by atoms with Gasteiger partial charge >= 0.3 is 0 Å². The number of amides is 1. The van der Waals surface area contributed by atoms with Crippen molar-refractivity contribution in [1.29, 1.82) is 0 Å². The molecule has 0 unspecified atom stereocenters. The highest BCUT2D eigenvalue weighted by Crippen LogP contribution is 2.34. The number of fused-ring (bicyclic) bond motifs is 3. The molecule has 3 N–H and O–H groups in total. The zero-order valence-electron chi connectivity index (χ0n) is 19.7. The molecule has 0 saturated carbocycles. The van der Waals surface area contributed by atoms with Gasteiger partial charge in [0, 0.05) is 63.9 Å². The van der Waals surface area contributed by atoms with Gasteiger partial charge in [-0.25, -0.2) is 14.4 Å². The van der Waals surface area contributed by atoms with Gasteiger partial charge in [0.2, 0.25) is 5.95 Å². The minimum absolute atomic E-state index is 0.0320. The highest BCUT2D eigenvalue weighted by Gasteiger charge is 2.28. The van der Waals surface area contributed by atoms with E-state index in [4.69, 9.17) is 27.3 Å². The van der Waals surface area contributed by atoms with Crippen LogP contribution >= 0.6 is 11.6 Å². The molecule has 3 heterocycles. The number of benzene rings is 3. The third kappa shape index (κ3) is 4.45. The first-order valence-electron chi connectivity index (χ1n) is 11.8.